The Bertz CT molecular complexity index is 301. The molecule has 2 nitrogen and oxygen atoms in total. The second-order valence-corrected chi connectivity index (χ2v) is 3.81. The van der Waals surface area contributed by atoms with Gasteiger partial charge >= 0.3 is 0 Å². The lowest BCUT2D eigenvalue weighted by molar-refractivity contribution is 0.0512. The fourth-order valence-corrected chi connectivity index (χ4v) is 1.24. The van der Waals surface area contributed by atoms with Crippen LogP contribution in [0.3, 0.4) is 0 Å². The van der Waals surface area contributed by atoms with E-state index in [1.54, 1.807) is 12.1 Å². The smallest absolute Gasteiger partial charge is 0.0741 e. The summed E-state index contributed by atoms with van der Waals surface area (Å²) in [5.41, 5.74) is 7.47. The fraction of sp³-hybridized carbons (Fsp3) is 0.455. The molecule has 78 valence electrons. The molecule has 3 heteroatoms. The number of nitrogen functional groups attached to an aromatic ring is 1. The van der Waals surface area contributed by atoms with E-state index >= 15 is 0 Å². The number of hydrogen-bond donors (Lipinski definition) is 1. The monoisotopic (exact) mass is 213 g/mol. The number of benzene rings is 1. The Morgan fingerprint density at radius 3 is 2.86 bits per heavy atom. The first-order valence-corrected chi connectivity index (χ1v) is 5.16. The summed E-state index contributed by atoms with van der Waals surface area (Å²) >= 11 is 5.85. The Morgan fingerprint density at radius 2 is 2.21 bits per heavy atom. The molecule has 0 aromatic heterocycles. The standard InChI is InChI=1S/C11H16ClNO/c1-3-8(2)14-7-9-6-10(12)4-5-11(9)13/h4-6,8H,3,7,13H2,1-2H3. The number of nitrogens with two attached hydrogens (primary N) is 1. The predicted octanol–water partition coefficient (Wildman–Crippen LogP) is 3.24. The maximum Gasteiger partial charge on any atom is 0.0741 e. The normalized spacial score (nSPS) is 12.8. The van der Waals surface area contributed by atoms with Crippen molar-refractivity contribution in [2.75, 3.05) is 5.73 Å². The summed E-state index contributed by atoms with van der Waals surface area (Å²) in [5, 5.41) is 0.696. The van der Waals surface area contributed by atoms with Gasteiger partial charge in [0.15, 0.2) is 0 Å². The molecule has 1 aromatic carbocycles. The lowest BCUT2D eigenvalue weighted by atomic mass is 10.2. The number of hydrogen-bond acceptors (Lipinski definition) is 2. The SMILES string of the molecule is CCC(C)OCc1cc(Cl)ccc1N. The van der Waals surface area contributed by atoms with Gasteiger partial charge in [-0.25, -0.2) is 0 Å². The van der Waals surface area contributed by atoms with Gasteiger partial charge in [0.2, 0.25) is 0 Å². The Kier molecular flexibility index (Phi) is 4.23. The van der Waals surface area contributed by atoms with E-state index < -0.39 is 0 Å². The minimum absolute atomic E-state index is 0.258. The molecule has 2 N–H and O–H groups in total. The Labute approximate surface area is 90.0 Å². The van der Waals surface area contributed by atoms with Crippen molar-refractivity contribution in [3.8, 4) is 0 Å². The molecule has 0 aliphatic heterocycles. The van der Waals surface area contributed by atoms with E-state index in [4.69, 9.17) is 22.1 Å². The quantitative estimate of drug-likeness (QED) is 0.780. The van der Waals surface area contributed by atoms with Crippen LogP contribution >= 0.6 is 11.6 Å². The molecule has 1 atom stereocenters. The van der Waals surface area contributed by atoms with Crippen molar-refractivity contribution in [3.63, 3.8) is 0 Å². The molecule has 0 saturated carbocycles. The van der Waals surface area contributed by atoms with Gasteiger partial charge in [0.1, 0.15) is 0 Å². The summed E-state index contributed by atoms with van der Waals surface area (Å²) in [6.07, 6.45) is 1.26. The molecule has 14 heavy (non-hydrogen) atoms. The highest BCUT2D eigenvalue weighted by Crippen LogP contribution is 2.19. The molecule has 0 amide bonds. The van der Waals surface area contributed by atoms with Gasteiger partial charge < -0.3 is 10.5 Å². The van der Waals surface area contributed by atoms with Gasteiger partial charge in [-0.3, -0.25) is 0 Å². The summed E-state index contributed by atoms with van der Waals surface area (Å²) in [6, 6.07) is 5.43. The van der Waals surface area contributed by atoms with Crippen molar-refractivity contribution in [2.45, 2.75) is 33.0 Å². The second-order valence-electron chi connectivity index (χ2n) is 3.37. The zero-order valence-electron chi connectivity index (χ0n) is 8.59. The van der Waals surface area contributed by atoms with E-state index in [0.29, 0.717) is 11.6 Å². The molecular formula is C11H16ClNO. The van der Waals surface area contributed by atoms with Crippen LogP contribution in [0.4, 0.5) is 5.69 Å². The van der Waals surface area contributed by atoms with E-state index in [-0.39, 0.29) is 6.10 Å². The summed E-state index contributed by atoms with van der Waals surface area (Å²) in [4.78, 5) is 0. The summed E-state index contributed by atoms with van der Waals surface area (Å²) in [7, 11) is 0. The second kappa shape index (κ2) is 5.23. The van der Waals surface area contributed by atoms with Gasteiger partial charge in [0.05, 0.1) is 12.7 Å². The van der Waals surface area contributed by atoms with Gasteiger partial charge in [-0.15, -0.1) is 0 Å². The highest BCUT2D eigenvalue weighted by Gasteiger charge is 2.03. The highest BCUT2D eigenvalue weighted by atomic mass is 35.5. The van der Waals surface area contributed by atoms with Crippen LogP contribution in [0.5, 0.6) is 0 Å². The van der Waals surface area contributed by atoms with E-state index in [0.717, 1.165) is 17.7 Å². The third kappa shape index (κ3) is 3.20. The number of anilines is 1. The van der Waals surface area contributed by atoms with Crippen LogP contribution in [-0.2, 0) is 11.3 Å². The van der Waals surface area contributed by atoms with Gasteiger partial charge in [-0.2, -0.15) is 0 Å². The third-order valence-electron chi connectivity index (χ3n) is 2.20. The van der Waals surface area contributed by atoms with Crippen LogP contribution in [0.1, 0.15) is 25.8 Å². The van der Waals surface area contributed by atoms with Crippen molar-refractivity contribution in [2.24, 2.45) is 0 Å². The van der Waals surface area contributed by atoms with E-state index in [1.165, 1.54) is 0 Å². The fourth-order valence-electron chi connectivity index (χ4n) is 1.05. The topological polar surface area (TPSA) is 35.2 Å². The average Bonchev–Trinajstić information content (AvgIpc) is 2.19. The van der Waals surface area contributed by atoms with Crippen molar-refractivity contribution in [3.05, 3.63) is 28.8 Å². The van der Waals surface area contributed by atoms with Crippen LogP contribution in [0, 0.1) is 0 Å². The van der Waals surface area contributed by atoms with Crippen molar-refractivity contribution < 1.29 is 4.74 Å². The molecule has 1 aromatic rings. The maximum atomic E-state index is 5.85. The van der Waals surface area contributed by atoms with Gasteiger partial charge in [-0.05, 0) is 31.5 Å². The van der Waals surface area contributed by atoms with Crippen LogP contribution in [-0.4, -0.2) is 6.10 Å². The Balaban J connectivity index is 2.62. The summed E-state index contributed by atoms with van der Waals surface area (Å²) in [6.45, 7) is 4.66. The largest absolute Gasteiger partial charge is 0.398 e. The molecule has 0 aliphatic carbocycles. The molecule has 0 radical (unpaired) electrons. The van der Waals surface area contributed by atoms with Crippen LogP contribution < -0.4 is 5.73 Å². The van der Waals surface area contributed by atoms with E-state index in [9.17, 15) is 0 Å². The van der Waals surface area contributed by atoms with Crippen LogP contribution in [0.25, 0.3) is 0 Å². The van der Waals surface area contributed by atoms with Gasteiger partial charge in [0.25, 0.3) is 0 Å². The summed E-state index contributed by atoms with van der Waals surface area (Å²) in [5.74, 6) is 0. The van der Waals surface area contributed by atoms with E-state index in [2.05, 4.69) is 6.92 Å². The Hall–Kier alpha value is -0.730. The minimum Gasteiger partial charge on any atom is -0.398 e. The molecule has 1 unspecified atom stereocenters. The number of halogens is 1. The number of ether oxygens (including phenoxy) is 1. The molecule has 0 spiro atoms. The van der Waals surface area contributed by atoms with Crippen LogP contribution in [0.15, 0.2) is 18.2 Å². The molecule has 0 saturated heterocycles. The first-order chi connectivity index (χ1) is 6.63. The van der Waals surface area contributed by atoms with Gasteiger partial charge in [-0.1, -0.05) is 18.5 Å². The third-order valence-corrected chi connectivity index (χ3v) is 2.44. The highest BCUT2D eigenvalue weighted by molar-refractivity contribution is 6.30. The minimum atomic E-state index is 0.258. The molecule has 0 bridgehead atoms. The van der Waals surface area contributed by atoms with E-state index in [1.807, 2.05) is 13.0 Å². The molecule has 0 fully saturated rings. The average molecular weight is 214 g/mol. The lowest BCUT2D eigenvalue weighted by Crippen LogP contribution is -2.07. The lowest BCUT2D eigenvalue weighted by Gasteiger charge is -2.12. The molecule has 1 rings (SSSR count). The first kappa shape index (κ1) is 11.3. The maximum absolute atomic E-state index is 5.85. The molecule has 0 aliphatic rings. The Morgan fingerprint density at radius 1 is 1.50 bits per heavy atom. The molecular weight excluding hydrogens is 198 g/mol. The van der Waals surface area contributed by atoms with Crippen molar-refractivity contribution in [1.82, 2.24) is 0 Å². The summed E-state index contributed by atoms with van der Waals surface area (Å²) < 4.78 is 5.57. The van der Waals surface area contributed by atoms with Crippen molar-refractivity contribution >= 4 is 17.3 Å². The predicted molar refractivity (Wildman–Crippen MR) is 60.4 cm³/mol. The van der Waals surface area contributed by atoms with Gasteiger partial charge in [0, 0.05) is 16.3 Å². The van der Waals surface area contributed by atoms with Crippen molar-refractivity contribution in [1.29, 1.82) is 0 Å². The van der Waals surface area contributed by atoms with Crippen LogP contribution in [0.2, 0.25) is 5.02 Å². The molecule has 0 heterocycles. The zero-order chi connectivity index (χ0) is 10.6. The zero-order valence-corrected chi connectivity index (χ0v) is 9.34. The number of rotatable bonds is 4. The first-order valence-electron chi connectivity index (χ1n) is 4.79.